The number of nitrogens with zero attached hydrogens (tertiary/aromatic N) is 2. The number of anilines is 1. The van der Waals surface area contributed by atoms with Crippen LogP contribution in [0.2, 0.25) is 0 Å². The lowest BCUT2D eigenvalue weighted by Gasteiger charge is -2.37. The molecule has 1 aromatic carbocycles. The van der Waals surface area contributed by atoms with Gasteiger partial charge in [0.15, 0.2) is 0 Å². The fraction of sp³-hybridized carbons (Fsp3) is 0.571. The quantitative estimate of drug-likeness (QED) is 0.864. The van der Waals surface area contributed by atoms with Crippen molar-refractivity contribution in [3.05, 3.63) is 29.6 Å². The summed E-state index contributed by atoms with van der Waals surface area (Å²) in [6.07, 6.45) is -3.61. The lowest BCUT2D eigenvalue weighted by atomic mass is 10.1. The van der Waals surface area contributed by atoms with E-state index in [1.807, 2.05) is 4.90 Å². The molecule has 1 aliphatic rings. The Labute approximate surface area is 121 Å². The van der Waals surface area contributed by atoms with E-state index in [4.69, 9.17) is 5.73 Å². The molecule has 1 heterocycles. The van der Waals surface area contributed by atoms with Crippen molar-refractivity contribution >= 4 is 5.69 Å². The van der Waals surface area contributed by atoms with Gasteiger partial charge < -0.3 is 10.6 Å². The number of alkyl halides is 3. The van der Waals surface area contributed by atoms with Crippen LogP contribution in [0.25, 0.3) is 0 Å². The van der Waals surface area contributed by atoms with E-state index in [0.29, 0.717) is 39.1 Å². The SMILES string of the molecule is NCCc1cc(F)ccc1N1CCN(CC(F)(F)F)CC1. The molecule has 3 nitrogen and oxygen atoms in total. The Hall–Kier alpha value is -1.34. The second-order valence-corrected chi connectivity index (χ2v) is 5.19. The first-order chi connectivity index (χ1) is 9.89. The molecule has 1 aromatic rings. The maximum atomic E-state index is 13.3. The molecule has 21 heavy (non-hydrogen) atoms. The smallest absolute Gasteiger partial charge is 0.369 e. The van der Waals surface area contributed by atoms with Gasteiger partial charge in [0.25, 0.3) is 0 Å². The molecule has 7 heteroatoms. The van der Waals surface area contributed by atoms with Crippen molar-refractivity contribution in [1.29, 1.82) is 0 Å². The van der Waals surface area contributed by atoms with Crippen molar-refractivity contribution in [2.24, 2.45) is 5.73 Å². The highest BCUT2D eigenvalue weighted by atomic mass is 19.4. The lowest BCUT2D eigenvalue weighted by Crippen LogP contribution is -2.49. The molecule has 0 bridgehead atoms. The zero-order valence-corrected chi connectivity index (χ0v) is 11.7. The van der Waals surface area contributed by atoms with Gasteiger partial charge in [-0.05, 0) is 36.7 Å². The highest BCUT2D eigenvalue weighted by molar-refractivity contribution is 5.54. The van der Waals surface area contributed by atoms with Crippen LogP contribution in [0.3, 0.4) is 0 Å². The lowest BCUT2D eigenvalue weighted by molar-refractivity contribution is -0.146. The van der Waals surface area contributed by atoms with E-state index >= 15 is 0 Å². The first-order valence-corrected chi connectivity index (χ1v) is 6.91. The molecule has 0 radical (unpaired) electrons. The predicted molar refractivity (Wildman–Crippen MR) is 73.9 cm³/mol. The third-order valence-electron chi connectivity index (χ3n) is 3.57. The van der Waals surface area contributed by atoms with Crippen molar-refractivity contribution in [1.82, 2.24) is 4.90 Å². The summed E-state index contributed by atoms with van der Waals surface area (Å²) < 4.78 is 50.4. The summed E-state index contributed by atoms with van der Waals surface area (Å²) in [5.74, 6) is -0.321. The van der Waals surface area contributed by atoms with Gasteiger partial charge in [-0.3, -0.25) is 4.90 Å². The fourth-order valence-corrected chi connectivity index (χ4v) is 2.62. The minimum Gasteiger partial charge on any atom is -0.369 e. The van der Waals surface area contributed by atoms with Crippen LogP contribution in [0.4, 0.5) is 23.2 Å². The van der Waals surface area contributed by atoms with Gasteiger partial charge in [0.2, 0.25) is 0 Å². The minimum absolute atomic E-state index is 0.321. The van der Waals surface area contributed by atoms with Gasteiger partial charge in [-0.25, -0.2) is 4.39 Å². The number of piperazine rings is 1. The summed E-state index contributed by atoms with van der Waals surface area (Å²) in [7, 11) is 0. The third kappa shape index (κ3) is 4.57. The monoisotopic (exact) mass is 305 g/mol. The first kappa shape index (κ1) is 16.0. The highest BCUT2D eigenvalue weighted by Crippen LogP contribution is 2.24. The van der Waals surface area contributed by atoms with E-state index in [2.05, 4.69) is 0 Å². The van der Waals surface area contributed by atoms with Crippen molar-refractivity contribution in [3.63, 3.8) is 0 Å². The molecule has 0 unspecified atom stereocenters. The van der Waals surface area contributed by atoms with E-state index in [1.165, 1.54) is 17.0 Å². The molecule has 1 aliphatic heterocycles. The maximum absolute atomic E-state index is 13.3. The number of rotatable bonds is 4. The summed E-state index contributed by atoms with van der Waals surface area (Å²) in [5.41, 5.74) is 7.20. The predicted octanol–water partition coefficient (Wildman–Crippen LogP) is 2.01. The van der Waals surface area contributed by atoms with Crippen LogP contribution in [-0.4, -0.2) is 50.3 Å². The average Bonchev–Trinajstić information content (AvgIpc) is 2.39. The number of hydrogen-bond acceptors (Lipinski definition) is 3. The summed E-state index contributed by atoms with van der Waals surface area (Å²) in [5, 5.41) is 0. The zero-order chi connectivity index (χ0) is 15.5. The molecule has 2 rings (SSSR count). The molecule has 1 saturated heterocycles. The number of nitrogens with two attached hydrogens (primary N) is 1. The summed E-state index contributed by atoms with van der Waals surface area (Å²) in [6, 6.07) is 4.50. The van der Waals surface area contributed by atoms with Crippen LogP contribution in [0.5, 0.6) is 0 Å². The van der Waals surface area contributed by atoms with Crippen molar-refractivity contribution in [2.45, 2.75) is 12.6 Å². The maximum Gasteiger partial charge on any atom is 0.401 e. The molecule has 0 aromatic heterocycles. The number of halogens is 4. The second-order valence-electron chi connectivity index (χ2n) is 5.19. The van der Waals surface area contributed by atoms with Crippen molar-refractivity contribution in [3.8, 4) is 0 Å². The topological polar surface area (TPSA) is 32.5 Å². The van der Waals surface area contributed by atoms with E-state index in [0.717, 1.165) is 11.3 Å². The van der Waals surface area contributed by atoms with Gasteiger partial charge in [0.05, 0.1) is 6.54 Å². The van der Waals surface area contributed by atoms with Gasteiger partial charge in [-0.15, -0.1) is 0 Å². The van der Waals surface area contributed by atoms with Crippen molar-refractivity contribution in [2.75, 3.05) is 44.2 Å². The Bertz CT molecular complexity index is 468. The van der Waals surface area contributed by atoms with Gasteiger partial charge in [-0.2, -0.15) is 13.2 Å². The molecular weight excluding hydrogens is 286 g/mol. The summed E-state index contributed by atoms with van der Waals surface area (Å²) in [6.45, 7) is 1.22. The fourth-order valence-electron chi connectivity index (χ4n) is 2.62. The van der Waals surface area contributed by atoms with Crippen LogP contribution in [0.1, 0.15) is 5.56 Å². The molecule has 0 atom stereocenters. The molecule has 0 aliphatic carbocycles. The Morgan fingerprint density at radius 1 is 1.10 bits per heavy atom. The Kier molecular flexibility index (Phi) is 5.05. The average molecular weight is 305 g/mol. The third-order valence-corrected chi connectivity index (χ3v) is 3.57. The van der Waals surface area contributed by atoms with Gasteiger partial charge >= 0.3 is 6.18 Å². The van der Waals surface area contributed by atoms with E-state index in [9.17, 15) is 17.6 Å². The zero-order valence-electron chi connectivity index (χ0n) is 11.7. The molecule has 118 valence electrons. The molecular formula is C14H19F4N3. The Balaban J connectivity index is 2.02. The van der Waals surface area contributed by atoms with Gasteiger partial charge in [0.1, 0.15) is 5.82 Å². The van der Waals surface area contributed by atoms with Gasteiger partial charge in [-0.1, -0.05) is 0 Å². The van der Waals surface area contributed by atoms with Crippen molar-refractivity contribution < 1.29 is 17.6 Å². The number of hydrogen-bond donors (Lipinski definition) is 1. The van der Waals surface area contributed by atoms with Crippen LogP contribution in [0.15, 0.2) is 18.2 Å². The Morgan fingerprint density at radius 3 is 2.33 bits per heavy atom. The molecule has 0 spiro atoms. The standard InChI is InChI=1S/C14H19F4N3/c15-12-1-2-13(11(9-12)3-4-19)21-7-5-20(6-8-21)10-14(16,17)18/h1-2,9H,3-8,10,19H2. The second kappa shape index (κ2) is 6.62. The molecule has 1 fully saturated rings. The van der Waals surface area contributed by atoms with Crippen LogP contribution >= 0.6 is 0 Å². The summed E-state index contributed by atoms with van der Waals surface area (Å²) in [4.78, 5) is 3.39. The number of benzene rings is 1. The van der Waals surface area contributed by atoms with E-state index in [1.54, 1.807) is 6.07 Å². The molecule has 0 saturated carbocycles. The highest BCUT2D eigenvalue weighted by Gasteiger charge is 2.32. The minimum atomic E-state index is -4.16. The van der Waals surface area contributed by atoms with E-state index in [-0.39, 0.29) is 5.82 Å². The normalized spacial score (nSPS) is 17.3. The van der Waals surface area contributed by atoms with Crippen LogP contribution in [0, 0.1) is 5.82 Å². The summed E-state index contributed by atoms with van der Waals surface area (Å²) >= 11 is 0. The molecule has 2 N–H and O–H groups in total. The van der Waals surface area contributed by atoms with Crippen LogP contribution < -0.4 is 10.6 Å². The Morgan fingerprint density at radius 2 is 1.76 bits per heavy atom. The largest absolute Gasteiger partial charge is 0.401 e. The van der Waals surface area contributed by atoms with Gasteiger partial charge in [0, 0.05) is 31.9 Å². The first-order valence-electron chi connectivity index (χ1n) is 6.91. The molecule has 0 amide bonds. The van der Waals surface area contributed by atoms with Crippen LogP contribution in [-0.2, 0) is 6.42 Å². The van der Waals surface area contributed by atoms with E-state index < -0.39 is 12.7 Å².